The Morgan fingerprint density at radius 1 is 1.32 bits per heavy atom. The maximum atomic E-state index is 12.1. The summed E-state index contributed by atoms with van der Waals surface area (Å²) in [5, 5.41) is 10.3. The van der Waals surface area contributed by atoms with E-state index in [2.05, 4.69) is 20.9 Å². The third-order valence-corrected chi connectivity index (χ3v) is 4.66. The van der Waals surface area contributed by atoms with E-state index < -0.39 is 6.04 Å². The fraction of sp³-hybridized carbons (Fsp3) is 0.294. The number of para-hydroxylation sites is 1. The molecule has 1 fully saturated rings. The van der Waals surface area contributed by atoms with Crippen LogP contribution in [0.1, 0.15) is 24.1 Å². The second-order valence-corrected chi connectivity index (χ2v) is 6.69. The third kappa shape index (κ3) is 4.42. The molecular weight excluding hydrogens is 340 g/mol. The molecule has 2 aromatic rings. The number of nitrogens with zero attached hydrogens (tertiary/aromatic N) is 1. The first kappa shape index (κ1) is 17.1. The van der Waals surface area contributed by atoms with Gasteiger partial charge >= 0.3 is 0 Å². The van der Waals surface area contributed by atoms with Crippen LogP contribution in [0.4, 0.5) is 10.8 Å². The Morgan fingerprint density at radius 2 is 2.12 bits per heavy atom. The second kappa shape index (κ2) is 7.43. The number of aromatic nitrogens is 1. The summed E-state index contributed by atoms with van der Waals surface area (Å²) >= 11 is 1.25. The number of carbonyl (C=O) groups excluding carboxylic acids is 3. The van der Waals surface area contributed by atoms with E-state index in [1.165, 1.54) is 11.3 Å². The monoisotopic (exact) mass is 358 g/mol. The van der Waals surface area contributed by atoms with Crippen molar-refractivity contribution in [2.45, 2.75) is 32.2 Å². The van der Waals surface area contributed by atoms with Crippen LogP contribution < -0.4 is 16.0 Å². The summed E-state index contributed by atoms with van der Waals surface area (Å²) in [6.07, 6.45) is 0.975. The first-order chi connectivity index (χ1) is 12.0. The molecule has 1 aromatic carbocycles. The molecule has 1 saturated heterocycles. The second-order valence-electron chi connectivity index (χ2n) is 5.83. The van der Waals surface area contributed by atoms with Gasteiger partial charge in [-0.1, -0.05) is 18.2 Å². The van der Waals surface area contributed by atoms with Crippen molar-refractivity contribution in [3.05, 3.63) is 40.9 Å². The molecule has 0 bridgehead atoms. The average molecular weight is 358 g/mol. The zero-order valence-electron chi connectivity index (χ0n) is 13.7. The first-order valence-corrected chi connectivity index (χ1v) is 8.79. The van der Waals surface area contributed by atoms with Crippen LogP contribution >= 0.6 is 11.3 Å². The topological polar surface area (TPSA) is 100 Å². The maximum Gasteiger partial charge on any atom is 0.248 e. The van der Waals surface area contributed by atoms with E-state index >= 15 is 0 Å². The zero-order valence-corrected chi connectivity index (χ0v) is 14.5. The van der Waals surface area contributed by atoms with Gasteiger partial charge in [-0.25, -0.2) is 4.98 Å². The summed E-state index contributed by atoms with van der Waals surface area (Å²) in [4.78, 5) is 39.6. The van der Waals surface area contributed by atoms with Crippen molar-refractivity contribution in [3.8, 4) is 0 Å². The molecule has 130 valence electrons. The summed E-state index contributed by atoms with van der Waals surface area (Å²) < 4.78 is 0. The molecule has 7 nitrogen and oxygen atoms in total. The van der Waals surface area contributed by atoms with E-state index in [-0.39, 0.29) is 24.1 Å². The van der Waals surface area contributed by atoms with E-state index in [0.29, 0.717) is 23.7 Å². The maximum absolute atomic E-state index is 12.1. The third-order valence-electron chi connectivity index (χ3n) is 3.85. The van der Waals surface area contributed by atoms with Crippen LogP contribution in [-0.2, 0) is 20.8 Å². The molecule has 8 heteroatoms. The van der Waals surface area contributed by atoms with Gasteiger partial charge in [-0.2, -0.15) is 0 Å². The predicted octanol–water partition coefficient (Wildman–Crippen LogP) is 1.85. The molecule has 1 aromatic heterocycles. The van der Waals surface area contributed by atoms with Gasteiger partial charge in [0.2, 0.25) is 17.7 Å². The fourth-order valence-electron chi connectivity index (χ4n) is 2.52. The molecule has 1 unspecified atom stereocenters. The largest absolute Gasteiger partial charge is 0.344 e. The lowest BCUT2D eigenvalue weighted by molar-refractivity contribution is -0.122. The normalized spacial score (nSPS) is 16.4. The highest BCUT2D eigenvalue weighted by molar-refractivity contribution is 7.13. The summed E-state index contributed by atoms with van der Waals surface area (Å²) in [5.41, 5.74) is 2.34. The molecular formula is C17H18N4O3S. The molecule has 0 spiro atoms. The van der Waals surface area contributed by atoms with Gasteiger partial charge in [0.15, 0.2) is 5.13 Å². The van der Waals surface area contributed by atoms with Crippen molar-refractivity contribution in [3.63, 3.8) is 0 Å². The highest BCUT2D eigenvalue weighted by atomic mass is 32.1. The van der Waals surface area contributed by atoms with E-state index in [0.717, 1.165) is 11.3 Å². The van der Waals surface area contributed by atoms with E-state index in [9.17, 15) is 14.4 Å². The van der Waals surface area contributed by atoms with Crippen molar-refractivity contribution in [1.82, 2.24) is 10.3 Å². The molecule has 0 radical (unpaired) electrons. The van der Waals surface area contributed by atoms with Gasteiger partial charge in [-0.3, -0.25) is 14.4 Å². The van der Waals surface area contributed by atoms with E-state index in [1.54, 1.807) is 5.38 Å². The minimum atomic E-state index is -0.510. The first-order valence-electron chi connectivity index (χ1n) is 7.91. The Hall–Kier alpha value is -2.74. The van der Waals surface area contributed by atoms with Crippen LogP contribution in [0.5, 0.6) is 0 Å². The number of nitrogens with one attached hydrogen (secondary N) is 3. The van der Waals surface area contributed by atoms with Crippen LogP contribution in [0.3, 0.4) is 0 Å². The molecule has 1 atom stereocenters. The molecule has 3 N–H and O–H groups in total. The number of hydrogen-bond acceptors (Lipinski definition) is 5. The smallest absolute Gasteiger partial charge is 0.248 e. The SMILES string of the molecule is Cc1ccccc1NC(=O)Cc1csc(NC(=O)C2CCC(=O)N2)n1. The van der Waals surface area contributed by atoms with Crippen LogP contribution in [0, 0.1) is 6.92 Å². The van der Waals surface area contributed by atoms with Gasteiger partial charge in [0.1, 0.15) is 6.04 Å². The van der Waals surface area contributed by atoms with Gasteiger partial charge < -0.3 is 16.0 Å². The quantitative estimate of drug-likeness (QED) is 0.759. The summed E-state index contributed by atoms with van der Waals surface area (Å²) in [7, 11) is 0. The predicted molar refractivity (Wildman–Crippen MR) is 95.4 cm³/mol. The van der Waals surface area contributed by atoms with Crippen LogP contribution in [0.2, 0.25) is 0 Å². The molecule has 0 saturated carbocycles. The zero-order chi connectivity index (χ0) is 17.8. The number of amides is 3. The minimum absolute atomic E-state index is 0.118. The molecule has 2 heterocycles. The van der Waals surface area contributed by atoms with Crippen molar-refractivity contribution in [2.75, 3.05) is 10.6 Å². The Balaban J connectivity index is 1.54. The minimum Gasteiger partial charge on any atom is -0.344 e. The standard InChI is InChI=1S/C17H18N4O3S/c1-10-4-2-3-5-12(10)19-15(23)8-11-9-25-17(18-11)21-16(24)13-6-7-14(22)20-13/h2-5,9,13H,6-8H2,1H3,(H,19,23)(H,20,22)(H,18,21,24). The summed E-state index contributed by atoms with van der Waals surface area (Å²) in [5.74, 6) is -0.565. The molecule has 3 rings (SSSR count). The molecule has 3 amide bonds. The Morgan fingerprint density at radius 3 is 2.84 bits per heavy atom. The lowest BCUT2D eigenvalue weighted by Gasteiger charge is -2.08. The van der Waals surface area contributed by atoms with Gasteiger partial charge in [0, 0.05) is 17.5 Å². The van der Waals surface area contributed by atoms with Crippen molar-refractivity contribution < 1.29 is 14.4 Å². The number of rotatable bonds is 5. The highest BCUT2D eigenvalue weighted by Crippen LogP contribution is 2.18. The fourth-order valence-corrected chi connectivity index (χ4v) is 3.23. The lowest BCUT2D eigenvalue weighted by Crippen LogP contribution is -2.37. The van der Waals surface area contributed by atoms with Crippen LogP contribution in [0.25, 0.3) is 0 Å². The number of hydrogen-bond donors (Lipinski definition) is 3. The van der Waals surface area contributed by atoms with Crippen molar-refractivity contribution in [2.24, 2.45) is 0 Å². The molecule has 0 aliphatic carbocycles. The van der Waals surface area contributed by atoms with Crippen LogP contribution in [-0.4, -0.2) is 28.7 Å². The molecule has 1 aliphatic heterocycles. The summed E-state index contributed by atoms with van der Waals surface area (Å²) in [6.45, 7) is 1.92. The Bertz CT molecular complexity index is 818. The Kier molecular flexibility index (Phi) is 5.08. The van der Waals surface area contributed by atoms with E-state index in [1.807, 2.05) is 31.2 Å². The Labute approximate surface area is 148 Å². The van der Waals surface area contributed by atoms with Gasteiger partial charge in [0.05, 0.1) is 12.1 Å². The number of anilines is 2. The average Bonchev–Trinajstić information content (AvgIpc) is 3.19. The highest BCUT2D eigenvalue weighted by Gasteiger charge is 2.27. The van der Waals surface area contributed by atoms with Gasteiger partial charge in [0.25, 0.3) is 0 Å². The number of benzene rings is 1. The van der Waals surface area contributed by atoms with E-state index in [4.69, 9.17) is 0 Å². The van der Waals surface area contributed by atoms with Crippen molar-refractivity contribution >= 4 is 39.9 Å². The molecule has 1 aliphatic rings. The lowest BCUT2D eigenvalue weighted by atomic mass is 10.2. The number of thiazole rings is 1. The number of carbonyl (C=O) groups is 3. The number of aryl methyl sites for hydroxylation is 1. The van der Waals surface area contributed by atoms with Gasteiger partial charge in [-0.05, 0) is 25.0 Å². The van der Waals surface area contributed by atoms with Gasteiger partial charge in [-0.15, -0.1) is 11.3 Å². The van der Waals surface area contributed by atoms with Crippen molar-refractivity contribution in [1.29, 1.82) is 0 Å². The molecule has 25 heavy (non-hydrogen) atoms. The summed E-state index contributed by atoms with van der Waals surface area (Å²) in [6, 6.07) is 7.03. The van der Waals surface area contributed by atoms with Crippen LogP contribution in [0.15, 0.2) is 29.6 Å².